The van der Waals surface area contributed by atoms with Crippen LogP contribution in [0.3, 0.4) is 0 Å². The molecule has 6 heteroatoms. The van der Waals surface area contributed by atoms with E-state index < -0.39 is 11.6 Å². The topological polar surface area (TPSA) is 102 Å². The second-order valence-corrected chi connectivity index (χ2v) is 12.1. The molecule has 9 atom stereocenters. The van der Waals surface area contributed by atoms with Crippen LogP contribution < -0.4 is 11.1 Å². The van der Waals surface area contributed by atoms with Gasteiger partial charge in [0, 0.05) is 17.5 Å². The summed E-state index contributed by atoms with van der Waals surface area (Å²) >= 11 is 0. The smallest absolute Gasteiger partial charge is 0.331 e. The van der Waals surface area contributed by atoms with Crippen molar-refractivity contribution in [2.24, 2.45) is 40.2 Å². The quantitative estimate of drug-likeness (QED) is 0.581. The van der Waals surface area contributed by atoms with Crippen molar-refractivity contribution in [3.8, 4) is 0 Å². The Morgan fingerprint density at radius 1 is 1.16 bits per heavy atom. The molecule has 0 unspecified atom stereocenters. The predicted molar refractivity (Wildman–Crippen MR) is 121 cm³/mol. The van der Waals surface area contributed by atoms with Crippen LogP contribution in [0.2, 0.25) is 0 Å². The summed E-state index contributed by atoms with van der Waals surface area (Å²) in [4.78, 5) is 23.9. The lowest BCUT2D eigenvalue weighted by molar-refractivity contribution is -0.205. The van der Waals surface area contributed by atoms with Crippen molar-refractivity contribution >= 4 is 11.9 Å². The summed E-state index contributed by atoms with van der Waals surface area (Å²) in [5, 5.41) is 15.4. The van der Waals surface area contributed by atoms with Crippen LogP contribution in [-0.4, -0.2) is 41.3 Å². The van der Waals surface area contributed by atoms with Gasteiger partial charge >= 0.3 is 5.97 Å². The number of carbonyl (C=O) groups excluding carboxylic acids is 2. The van der Waals surface area contributed by atoms with Gasteiger partial charge in [-0.05, 0) is 99.4 Å². The highest BCUT2D eigenvalue weighted by molar-refractivity contribution is 5.85. The van der Waals surface area contributed by atoms with E-state index in [9.17, 15) is 14.7 Å². The first-order valence-corrected chi connectivity index (χ1v) is 12.7. The number of hydrogen-bond acceptors (Lipinski definition) is 5. The maximum Gasteiger partial charge on any atom is 0.331 e. The average Bonchev–Trinajstić information content (AvgIpc) is 3.28. The summed E-state index contributed by atoms with van der Waals surface area (Å²) in [7, 11) is 0. The number of amides is 1. The molecule has 0 bridgehead atoms. The van der Waals surface area contributed by atoms with Crippen molar-refractivity contribution in [1.29, 1.82) is 0 Å². The first-order valence-electron chi connectivity index (χ1n) is 12.7. The van der Waals surface area contributed by atoms with Gasteiger partial charge in [0.1, 0.15) is 6.61 Å². The fourth-order valence-electron chi connectivity index (χ4n) is 8.87. The highest BCUT2D eigenvalue weighted by Crippen LogP contribution is 2.69. The minimum atomic E-state index is -0.666. The van der Waals surface area contributed by atoms with Crippen LogP contribution in [0.5, 0.6) is 0 Å². The molecule has 1 amide bonds. The first-order chi connectivity index (χ1) is 15.1. The third kappa shape index (κ3) is 3.12. The maximum atomic E-state index is 12.3. The molecule has 4 saturated carbocycles. The number of cyclic esters (lactones) is 1. The standard InChI is InChI=1S/C26H40N2O4/c1-15(27)23(30)28-18-6-9-24(2)17(13-18)4-5-21-20(24)7-10-25(3)19(8-11-26(21,25)31)16-12-22(29)32-14-16/h12,15,17-21,31H,4-11,13-14,27H2,1-3H3,(H,28,30)/t15-,17+,18-,19+,20-,21+,24-,25+,26-/m0/s1. The molecule has 4 aliphatic carbocycles. The van der Waals surface area contributed by atoms with Gasteiger partial charge in [0.2, 0.25) is 5.91 Å². The zero-order valence-corrected chi connectivity index (χ0v) is 19.9. The highest BCUT2D eigenvalue weighted by Gasteiger charge is 2.67. The molecule has 0 radical (unpaired) electrons. The van der Waals surface area contributed by atoms with E-state index in [1.807, 2.05) is 0 Å². The van der Waals surface area contributed by atoms with Crippen LogP contribution >= 0.6 is 0 Å². The molecule has 0 aromatic rings. The Bertz CT molecular complexity index is 840. The lowest BCUT2D eigenvalue weighted by Gasteiger charge is -2.64. The van der Waals surface area contributed by atoms with Crippen molar-refractivity contribution in [2.75, 3.05) is 6.61 Å². The Balaban J connectivity index is 1.35. The normalized spacial score (nSPS) is 48.7. The average molecular weight is 445 g/mol. The lowest BCUT2D eigenvalue weighted by atomic mass is 9.43. The maximum absolute atomic E-state index is 12.3. The molecule has 1 aliphatic heterocycles. The van der Waals surface area contributed by atoms with Gasteiger partial charge in [0.25, 0.3) is 0 Å². The van der Waals surface area contributed by atoms with Crippen molar-refractivity contribution in [2.45, 2.75) is 96.2 Å². The van der Waals surface area contributed by atoms with Crippen molar-refractivity contribution in [3.63, 3.8) is 0 Å². The number of aliphatic hydroxyl groups is 1. The highest BCUT2D eigenvalue weighted by atomic mass is 16.5. The number of nitrogens with two attached hydrogens (primary N) is 1. The minimum absolute atomic E-state index is 0.0456. The lowest BCUT2D eigenvalue weighted by Crippen LogP contribution is -2.63. The number of carbonyl (C=O) groups is 2. The predicted octanol–water partition coefficient (Wildman–Crippen LogP) is 3.08. The number of hydrogen-bond donors (Lipinski definition) is 3. The molecule has 4 fully saturated rings. The third-order valence-corrected chi connectivity index (χ3v) is 10.7. The van der Waals surface area contributed by atoms with Crippen molar-refractivity contribution in [1.82, 2.24) is 5.32 Å². The monoisotopic (exact) mass is 444 g/mol. The number of fused-ring (bicyclic) bond motifs is 5. The van der Waals surface area contributed by atoms with E-state index in [-0.39, 0.29) is 34.7 Å². The van der Waals surface area contributed by atoms with Crippen LogP contribution in [0.1, 0.15) is 78.6 Å². The molecular weight excluding hydrogens is 404 g/mol. The molecule has 0 saturated heterocycles. The zero-order chi connectivity index (χ0) is 22.9. The van der Waals surface area contributed by atoms with Gasteiger partial charge in [-0.15, -0.1) is 0 Å². The van der Waals surface area contributed by atoms with Gasteiger partial charge in [-0.3, -0.25) is 4.79 Å². The summed E-state index contributed by atoms with van der Waals surface area (Å²) in [6.07, 6.45) is 10.9. The SMILES string of the molecule is C[C@H](N)C(=O)N[C@H]1CC[C@@]2(C)[C@H](CC[C@@H]3[C@@H]2CC[C@]2(C)[C@@H](C4=CC(=O)OC4)CC[C@]32O)C1. The van der Waals surface area contributed by atoms with E-state index in [1.165, 1.54) is 0 Å². The molecule has 6 nitrogen and oxygen atoms in total. The van der Waals surface area contributed by atoms with E-state index in [0.29, 0.717) is 24.4 Å². The molecule has 0 aromatic heterocycles. The molecule has 0 aromatic carbocycles. The Kier molecular flexibility index (Phi) is 5.29. The van der Waals surface area contributed by atoms with Gasteiger partial charge in [0.05, 0.1) is 11.6 Å². The van der Waals surface area contributed by atoms with Crippen LogP contribution in [0.4, 0.5) is 0 Å². The van der Waals surface area contributed by atoms with Crippen LogP contribution in [0, 0.1) is 34.5 Å². The molecule has 178 valence electrons. The van der Waals surface area contributed by atoms with Crippen LogP contribution in [-0.2, 0) is 14.3 Å². The summed E-state index contributed by atoms with van der Waals surface area (Å²) in [5.74, 6) is 1.41. The molecule has 1 heterocycles. The van der Waals surface area contributed by atoms with E-state index >= 15 is 0 Å². The largest absolute Gasteiger partial charge is 0.458 e. The molecule has 0 spiro atoms. The van der Waals surface area contributed by atoms with E-state index in [1.54, 1.807) is 13.0 Å². The summed E-state index contributed by atoms with van der Waals surface area (Å²) in [6, 6.07) is -0.238. The Hall–Kier alpha value is -1.40. The Morgan fingerprint density at radius 3 is 2.62 bits per heavy atom. The molecule has 4 N–H and O–H groups in total. The molecule has 32 heavy (non-hydrogen) atoms. The van der Waals surface area contributed by atoms with Crippen molar-refractivity contribution in [3.05, 3.63) is 11.6 Å². The first kappa shape index (κ1) is 22.4. The number of ether oxygens (including phenoxy) is 1. The van der Waals surface area contributed by atoms with Gasteiger partial charge in [-0.2, -0.15) is 0 Å². The van der Waals surface area contributed by atoms with Gasteiger partial charge < -0.3 is 20.9 Å². The Labute approximate surface area is 191 Å². The fraction of sp³-hybridized carbons (Fsp3) is 0.846. The summed E-state index contributed by atoms with van der Waals surface area (Å²) in [6.45, 7) is 6.88. The van der Waals surface area contributed by atoms with E-state index in [2.05, 4.69) is 19.2 Å². The zero-order valence-electron chi connectivity index (χ0n) is 19.9. The van der Waals surface area contributed by atoms with E-state index in [4.69, 9.17) is 10.5 Å². The molecule has 5 rings (SSSR count). The van der Waals surface area contributed by atoms with Gasteiger partial charge in [0.15, 0.2) is 0 Å². The third-order valence-electron chi connectivity index (χ3n) is 10.7. The van der Waals surface area contributed by atoms with Gasteiger partial charge in [-0.25, -0.2) is 4.79 Å². The summed E-state index contributed by atoms with van der Waals surface area (Å²) in [5.41, 5.74) is 6.24. The van der Waals surface area contributed by atoms with Crippen LogP contribution in [0.15, 0.2) is 11.6 Å². The van der Waals surface area contributed by atoms with Crippen molar-refractivity contribution < 1.29 is 19.4 Å². The molecule has 5 aliphatic rings. The second-order valence-electron chi connectivity index (χ2n) is 12.1. The van der Waals surface area contributed by atoms with Crippen LogP contribution in [0.25, 0.3) is 0 Å². The summed E-state index contributed by atoms with van der Waals surface area (Å²) < 4.78 is 5.23. The Morgan fingerprint density at radius 2 is 1.94 bits per heavy atom. The van der Waals surface area contributed by atoms with Gasteiger partial charge in [-0.1, -0.05) is 13.8 Å². The fourth-order valence-corrected chi connectivity index (χ4v) is 8.87. The number of rotatable bonds is 3. The minimum Gasteiger partial charge on any atom is -0.458 e. The number of esters is 1. The van der Waals surface area contributed by atoms with E-state index in [0.717, 1.165) is 63.4 Å². The number of nitrogens with one attached hydrogen (secondary N) is 1. The molecular formula is C26H40N2O4. The second kappa shape index (κ2) is 7.56.